The molecule has 0 aliphatic rings. The van der Waals surface area contributed by atoms with E-state index in [4.69, 9.17) is 10.8 Å². The molecule has 1 rings (SSSR count). The van der Waals surface area contributed by atoms with Crippen molar-refractivity contribution in [1.82, 2.24) is 4.98 Å². The molecule has 122 valence electrons. The van der Waals surface area contributed by atoms with Crippen molar-refractivity contribution in [2.75, 3.05) is 13.2 Å². The van der Waals surface area contributed by atoms with Crippen LogP contribution >= 0.6 is 0 Å². The second-order valence-corrected chi connectivity index (χ2v) is 6.74. The SMILES string of the molecule is Cc1cc(CC(C)CC(C)(C)C)[nH]c(=O)c1O.NCCO. The van der Waals surface area contributed by atoms with Gasteiger partial charge in [0.05, 0.1) is 6.61 Å². The van der Waals surface area contributed by atoms with Gasteiger partial charge in [-0.05, 0) is 42.7 Å². The Hall–Kier alpha value is -1.33. The molecule has 5 N–H and O–H groups in total. The predicted octanol–water partition coefficient (Wildman–Crippen LogP) is 1.94. The van der Waals surface area contributed by atoms with Crippen LogP contribution in [-0.4, -0.2) is 28.3 Å². The predicted molar refractivity (Wildman–Crippen MR) is 86.5 cm³/mol. The number of aliphatic hydroxyl groups excluding tert-OH is 1. The topological polar surface area (TPSA) is 99.3 Å². The van der Waals surface area contributed by atoms with E-state index in [1.807, 2.05) is 6.07 Å². The fraction of sp³-hybridized carbons (Fsp3) is 0.688. The average molecular weight is 298 g/mol. The van der Waals surface area contributed by atoms with Gasteiger partial charge in [-0.15, -0.1) is 0 Å². The minimum Gasteiger partial charge on any atom is -0.503 e. The fourth-order valence-corrected chi connectivity index (χ4v) is 2.35. The van der Waals surface area contributed by atoms with Gasteiger partial charge in [0.2, 0.25) is 0 Å². The van der Waals surface area contributed by atoms with E-state index >= 15 is 0 Å². The first kappa shape index (κ1) is 19.7. The Kier molecular flexibility index (Phi) is 8.29. The van der Waals surface area contributed by atoms with E-state index < -0.39 is 0 Å². The molecule has 0 radical (unpaired) electrons. The fourth-order valence-electron chi connectivity index (χ4n) is 2.35. The lowest BCUT2D eigenvalue weighted by Gasteiger charge is -2.23. The molecule has 0 bridgehead atoms. The van der Waals surface area contributed by atoms with Crippen molar-refractivity contribution < 1.29 is 10.2 Å². The highest BCUT2D eigenvalue weighted by molar-refractivity contribution is 5.29. The Bertz CT molecular complexity index is 473. The van der Waals surface area contributed by atoms with Crippen LogP contribution in [0, 0.1) is 18.3 Å². The Labute approximate surface area is 127 Å². The third-order valence-electron chi connectivity index (χ3n) is 2.91. The van der Waals surface area contributed by atoms with Gasteiger partial charge in [-0.25, -0.2) is 0 Å². The minimum absolute atomic E-state index is 0.0972. The second-order valence-electron chi connectivity index (χ2n) is 6.74. The number of rotatable bonds is 4. The summed E-state index contributed by atoms with van der Waals surface area (Å²) in [4.78, 5) is 14.1. The lowest BCUT2D eigenvalue weighted by Crippen LogP contribution is -2.16. The second kappa shape index (κ2) is 8.85. The molecule has 0 fully saturated rings. The van der Waals surface area contributed by atoms with Crippen molar-refractivity contribution in [2.45, 2.75) is 47.5 Å². The summed E-state index contributed by atoms with van der Waals surface area (Å²) in [7, 11) is 0. The van der Waals surface area contributed by atoms with Crippen LogP contribution in [-0.2, 0) is 6.42 Å². The maximum absolute atomic E-state index is 11.4. The number of hydrogen-bond acceptors (Lipinski definition) is 4. The molecule has 1 heterocycles. The van der Waals surface area contributed by atoms with Gasteiger partial charge in [-0.1, -0.05) is 27.7 Å². The molecule has 1 aromatic heterocycles. The summed E-state index contributed by atoms with van der Waals surface area (Å²) in [5.41, 5.74) is 6.24. The summed E-state index contributed by atoms with van der Waals surface area (Å²) in [5, 5.41) is 17.2. The third-order valence-corrected chi connectivity index (χ3v) is 2.91. The highest BCUT2D eigenvalue weighted by atomic mass is 16.3. The zero-order valence-corrected chi connectivity index (χ0v) is 13.9. The number of pyridine rings is 1. The van der Waals surface area contributed by atoms with Gasteiger partial charge in [-0.3, -0.25) is 4.79 Å². The lowest BCUT2D eigenvalue weighted by molar-refractivity contribution is 0.304. The molecule has 0 aliphatic heterocycles. The Balaban J connectivity index is 0.000000885. The summed E-state index contributed by atoms with van der Waals surface area (Å²) in [5.74, 6) is 0.340. The molecule has 5 nitrogen and oxygen atoms in total. The van der Waals surface area contributed by atoms with Crippen LogP contribution in [0.2, 0.25) is 0 Å². The quantitative estimate of drug-likeness (QED) is 0.682. The molecule has 0 saturated carbocycles. The molecule has 1 atom stereocenters. The molecule has 0 aromatic carbocycles. The van der Waals surface area contributed by atoms with Crippen molar-refractivity contribution in [1.29, 1.82) is 0 Å². The van der Waals surface area contributed by atoms with Crippen molar-refractivity contribution >= 4 is 0 Å². The summed E-state index contributed by atoms with van der Waals surface area (Å²) in [6.07, 6.45) is 1.95. The average Bonchev–Trinajstić information content (AvgIpc) is 2.33. The summed E-state index contributed by atoms with van der Waals surface area (Å²) >= 11 is 0. The van der Waals surface area contributed by atoms with Crippen molar-refractivity contribution in [3.05, 3.63) is 27.7 Å². The Morgan fingerprint density at radius 3 is 2.29 bits per heavy atom. The number of nitrogens with two attached hydrogens (primary N) is 1. The van der Waals surface area contributed by atoms with Crippen LogP contribution in [0.4, 0.5) is 0 Å². The molecular formula is C16H30N2O3. The summed E-state index contributed by atoms with van der Waals surface area (Å²) in [6, 6.07) is 1.86. The monoisotopic (exact) mass is 298 g/mol. The molecule has 1 unspecified atom stereocenters. The number of H-pyrrole nitrogens is 1. The van der Waals surface area contributed by atoms with E-state index in [9.17, 15) is 9.90 Å². The molecule has 0 spiro atoms. The van der Waals surface area contributed by atoms with Crippen molar-refractivity contribution in [3.63, 3.8) is 0 Å². The van der Waals surface area contributed by atoms with Crippen LogP contribution in [0.25, 0.3) is 0 Å². The first-order valence-corrected chi connectivity index (χ1v) is 7.33. The van der Waals surface area contributed by atoms with Crippen molar-refractivity contribution in [3.8, 4) is 5.75 Å². The number of hydrogen-bond donors (Lipinski definition) is 4. The van der Waals surface area contributed by atoms with E-state index in [2.05, 4.69) is 32.7 Å². The summed E-state index contributed by atoms with van der Waals surface area (Å²) < 4.78 is 0. The minimum atomic E-state index is -0.386. The number of aromatic amines is 1. The van der Waals surface area contributed by atoms with E-state index in [1.165, 1.54) is 0 Å². The van der Waals surface area contributed by atoms with Gasteiger partial charge in [0.25, 0.3) is 5.56 Å². The van der Waals surface area contributed by atoms with E-state index in [-0.39, 0.29) is 17.9 Å². The van der Waals surface area contributed by atoms with Gasteiger partial charge in [0.15, 0.2) is 5.75 Å². The summed E-state index contributed by atoms with van der Waals surface area (Å²) in [6.45, 7) is 11.1. The van der Waals surface area contributed by atoms with Crippen LogP contribution in [0.1, 0.15) is 45.4 Å². The molecule has 0 saturated heterocycles. The van der Waals surface area contributed by atoms with Crippen LogP contribution in [0.3, 0.4) is 0 Å². The Morgan fingerprint density at radius 1 is 1.38 bits per heavy atom. The van der Waals surface area contributed by atoms with Gasteiger partial charge < -0.3 is 20.9 Å². The highest BCUT2D eigenvalue weighted by Crippen LogP contribution is 2.26. The molecule has 1 aromatic rings. The van der Waals surface area contributed by atoms with Gasteiger partial charge >= 0.3 is 0 Å². The molecule has 0 aliphatic carbocycles. The lowest BCUT2D eigenvalue weighted by atomic mass is 9.83. The smallest absolute Gasteiger partial charge is 0.290 e. The van der Waals surface area contributed by atoms with E-state index in [1.54, 1.807) is 6.92 Å². The van der Waals surface area contributed by atoms with Crippen LogP contribution in [0.5, 0.6) is 5.75 Å². The number of nitrogens with one attached hydrogen (secondary N) is 1. The van der Waals surface area contributed by atoms with Gasteiger partial charge in [-0.2, -0.15) is 0 Å². The van der Waals surface area contributed by atoms with Crippen LogP contribution < -0.4 is 11.3 Å². The van der Waals surface area contributed by atoms with Crippen LogP contribution in [0.15, 0.2) is 10.9 Å². The number of aliphatic hydroxyl groups is 1. The normalized spacial score (nSPS) is 12.5. The van der Waals surface area contributed by atoms with E-state index in [0.717, 1.165) is 18.5 Å². The van der Waals surface area contributed by atoms with Gasteiger partial charge in [0, 0.05) is 12.2 Å². The first-order chi connectivity index (χ1) is 9.60. The zero-order chi connectivity index (χ0) is 16.6. The standard InChI is InChI=1S/C14H23NO2.C2H7NO/c1-9(8-14(3,4)5)6-11-7-10(2)12(16)13(17)15-11;3-1-2-4/h7,9,16H,6,8H2,1-5H3,(H,15,17);4H,1-3H2. The number of aryl methyl sites for hydroxylation is 1. The number of aromatic hydroxyl groups is 1. The Morgan fingerprint density at radius 2 is 1.90 bits per heavy atom. The molecular weight excluding hydrogens is 268 g/mol. The molecule has 5 heteroatoms. The highest BCUT2D eigenvalue weighted by Gasteiger charge is 2.16. The first-order valence-electron chi connectivity index (χ1n) is 7.33. The maximum atomic E-state index is 11.4. The maximum Gasteiger partial charge on any atom is 0.290 e. The zero-order valence-electron chi connectivity index (χ0n) is 13.9. The molecule has 0 amide bonds. The van der Waals surface area contributed by atoms with E-state index in [0.29, 0.717) is 23.4 Å². The molecule has 21 heavy (non-hydrogen) atoms. The third kappa shape index (κ3) is 8.52. The number of aromatic nitrogens is 1. The largest absolute Gasteiger partial charge is 0.503 e. The van der Waals surface area contributed by atoms with Crippen molar-refractivity contribution in [2.24, 2.45) is 17.1 Å². The van der Waals surface area contributed by atoms with Gasteiger partial charge in [0.1, 0.15) is 0 Å².